The minimum absolute atomic E-state index is 0.201. The third-order valence-electron chi connectivity index (χ3n) is 7.06. The van der Waals surface area contributed by atoms with Gasteiger partial charge in [-0.05, 0) is 38.1 Å². The van der Waals surface area contributed by atoms with Crippen LogP contribution in [-0.2, 0) is 61.6 Å². The van der Waals surface area contributed by atoms with Crippen molar-refractivity contribution < 1.29 is 66.4 Å². The van der Waals surface area contributed by atoms with Crippen molar-refractivity contribution in [3.63, 3.8) is 0 Å². The highest BCUT2D eigenvalue weighted by molar-refractivity contribution is 5.89. The number of rotatable bonds is 38. The molecule has 0 saturated carbocycles. The predicted octanol–water partition coefficient (Wildman–Crippen LogP) is 1.79. The maximum atomic E-state index is 11.8. The molecule has 1 fully saturated rings. The van der Waals surface area contributed by atoms with Gasteiger partial charge in [0.1, 0.15) is 6.61 Å². The second-order valence-corrected chi connectivity index (χ2v) is 11.1. The van der Waals surface area contributed by atoms with Crippen molar-refractivity contribution in [2.24, 2.45) is 0 Å². The molecule has 1 heterocycles. The maximum absolute atomic E-state index is 11.8. The molecule has 51 heavy (non-hydrogen) atoms. The molecule has 0 bridgehead atoms. The van der Waals surface area contributed by atoms with Gasteiger partial charge < -0.3 is 66.9 Å². The van der Waals surface area contributed by atoms with Crippen molar-refractivity contribution in [2.75, 3.05) is 172 Å². The number of carbonyl (C=O) groups is 1. The van der Waals surface area contributed by atoms with E-state index >= 15 is 0 Å². The van der Waals surface area contributed by atoms with Gasteiger partial charge in [0.2, 0.25) is 0 Å². The van der Waals surface area contributed by atoms with Crippen molar-refractivity contribution in [3.05, 3.63) is 35.9 Å². The predicted molar refractivity (Wildman–Crippen MR) is 188 cm³/mol. The summed E-state index contributed by atoms with van der Waals surface area (Å²) in [4.78, 5) is 11.8. The van der Waals surface area contributed by atoms with Crippen molar-refractivity contribution in [1.82, 2.24) is 5.32 Å². The number of hydrogen-bond donors (Lipinski definition) is 1. The zero-order valence-electron chi connectivity index (χ0n) is 30.5. The Morgan fingerprint density at radius 2 is 0.725 bits per heavy atom. The van der Waals surface area contributed by atoms with Crippen molar-refractivity contribution in [2.45, 2.75) is 18.9 Å². The Labute approximate surface area is 304 Å². The quantitative estimate of drug-likeness (QED) is 0.0777. The van der Waals surface area contributed by atoms with E-state index in [2.05, 4.69) is 5.32 Å². The molecule has 0 radical (unpaired) electrons. The third kappa shape index (κ3) is 30.3. The number of nitrogens with one attached hydrogen (secondary N) is 1. The Morgan fingerprint density at radius 1 is 0.431 bits per heavy atom. The molecule has 0 aromatic heterocycles. The number of hydrogen-bond acceptors (Lipinski definition) is 15. The SMILES string of the molecule is O=C(OCCOCCOCCOCCOCCOCCOCCOCCOCCOCCOCCOCCOC1CCNCC1)c1ccccc1. The Bertz CT molecular complexity index is 866. The van der Waals surface area contributed by atoms with E-state index in [0.717, 1.165) is 25.9 Å². The summed E-state index contributed by atoms with van der Waals surface area (Å²) in [6, 6.07) is 8.85. The standard InChI is InChI=1S/C36H63NO14/c38-36(34-4-2-1-3-5-34)51-33-31-49-29-27-47-25-23-45-21-19-43-17-15-41-13-11-39-10-12-40-14-16-42-18-20-44-22-24-46-26-28-48-30-32-50-35-6-8-37-9-7-35/h1-5,35,37H,6-33H2. The number of piperidine rings is 1. The highest BCUT2D eigenvalue weighted by Crippen LogP contribution is 2.06. The van der Waals surface area contributed by atoms with Gasteiger partial charge in [-0.15, -0.1) is 0 Å². The van der Waals surface area contributed by atoms with Gasteiger partial charge in [-0.1, -0.05) is 18.2 Å². The van der Waals surface area contributed by atoms with Gasteiger partial charge in [0, 0.05) is 0 Å². The van der Waals surface area contributed by atoms with Gasteiger partial charge in [-0.2, -0.15) is 0 Å². The van der Waals surface area contributed by atoms with E-state index in [-0.39, 0.29) is 12.6 Å². The monoisotopic (exact) mass is 733 g/mol. The molecule has 1 aliphatic heterocycles. The maximum Gasteiger partial charge on any atom is 0.338 e. The summed E-state index contributed by atoms with van der Waals surface area (Å²) in [7, 11) is 0. The van der Waals surface area contributed by atoms with Gasteiger partial charge in [-0.3, -0.25) is 0 Å². The summed E-state index contributed by atoms with van der Waals surface area (Å²) in [5.74, 6) is -0.356. The summed E-state index contributed by atoms with van der Waals surface area (Å²) in [6.07, 6.45) is 2.52. The van der Waals surface area contributed by atoms with Crippen LogP contribution in [0.25, 0.3) is 0 Å². The summed E-state index contributed by atoms with van der Waals surface area (Å²) < 4.78 is 71.2. The van der Waals surface area contributed by atoms with Crippen molar-refractivity contribution in [1.29, 1.82) is 0 Å². The number of ether oxygens (including phenoxy) is 13. The van der Waals surface area contributed by atoms with Crippen LogP contribution in [0.1, 0.15) is 23.2 Å². The summed E-state index contributed by atoms with van der Waals surface area (Å²) in [5.41, 5.74) is 0.525. The molecular weight excluding hydrogens is 670 g/mol. The minimum Gasteiger partial charge on any atom is -0.460 e. The molecular formula is C36H63NO14. The van der Waals surface area contributed by atoms with Crippen molar-refractivity contribution in [3.8, 4) is 0 Å². The number of benzene rings is 1. The van der Waals surface area contributed by atoms with E-state index in [1.165, 1.54) is 0 Å². The topological polar surface area (TPSA) is 149 Å². The molecule has 1 aliphatic rings. The van der Waals surface area contributed by atoms with Gasteiger partial charge in [0.15, 0.2) is 0 Å². The smallest absolute Gasteiger partial charge is 0.338 e. The first-order valence-corrected chi connectivity index (χ1v) is 18.3. The van der Waals surface area contributed by atoms with Crippen LogP contribution < -0.4 is 5.32 Å². The Hall–Kier alpha value is -1.83. The van der Waals surface area contributed by atoms with Gasteiger partial charge in [-0.25, -0.2) is 4.79 Å². The lowest BCUT2D eigenvalue weighted by atomic mass is 10.1. The van der Waals surface area contributed by atoms with Crippen molar-refractivity contribution >= 4 is 5.97 Å². The van der Waals surface area contributed by atoms with Crippen LogP contribution in [0.3, 0.4) is 0 Å². The van der Waals surface area contributed by atoms with E-state index < -0.39 is 0 Å². The lowest BCUT2D eigenvalue weighted by molar-refractivity contribution is -0.0327. The largest absolute Gasteiger partial charge is 0.460 e. The van der Waals surface area contributed by atoms with Crippen LogP contribution in [-0.4, -0.2) is 184 Å². The lowest BCUT2D eigenvalue weighted by Gasteiger charge is -2.22. The van der Waals surface area contributed by atoms with Gasteiger partial charge in [0.05, 0.1) is 164 Å². The molecule has 1 saturated heterocycles. The molecule has 2 rings (SSSR count). The van der Waals surface area contributed by atoms with E-state index in [4.69, 9.17) is 61.6 Å². The average molecular weight is 734 g/mol. The summed E-state index contributed by atoms with van der Waals surface area (Å²) in [6.45, 7) is 13.8. The molecule has 296 valence electrons. The Kier molecular flexibility index (Phi) is 32.5. The molecule has 0 spiro atoms. The second kappa shape index (κ2) is 36.5. The number of esters is 1. The molecule has 0 atom stereocenters. The van der Waals surface area contributed by atoms with E-state index in [9.17, 15) is 4.79 Å². The van der Waals surface area contributed by atoms with Crippen LogP contribution in [0.15, 0.2) is 30.3 Å². The van der Waals surface area contributed by atoms with E-state index in [1.54, 1.807) is 24.3 Å². The third-order valence-corrected chi connectivity index (χ3v) is 7.06. The first-order valence-electron chi connectivity index (χ1n) is 18.3. The first kappa shape index (κ1) is 45.3. The van der Waals surface area contributed by atoms with Crippen LogP contribution in [0.2, 0.25) is 0 Å². The highest BCUT2D eigenvalue weighted by Gasteiger charge is 2.12. The highest BCUT2D eigenvalue weighted by atomic mass is 16.6. The Balaban J connectivity index is 1.13. The van der Waals surface area contributed by atoms with Crippen LogP contribution >= 0.6 is 0 Å². The van der Waals surface area contributed by atoms with Gasteiger partial charge in [0.25, 0.3) is 0 Å². The summed E-state index contributed by atoms with van der Waals surface area (Å²) in [5, 5.41) is 3.33. The molecule has 15 nitrogen and oxygen atoms in total. The van der Waals surface area contributed by atoms with Crippen LogP contribution in [0, 0.1) is 0 Å². The molecule has 15 heteroatoms. The van der Waals surface area contributed by atoms with Crippen LogP contribution in [0.5, 0.6) is 0 Å². The lowest BCUT2D eigenvalue weighted by Crippen LogP contribution is -2.33. The van der Waals surface area contributed by atoms with Crippen LogP contribution in [0.4, 0.5) is 0 Å². The molecule has 0 aliphatic carbocycles. The van der Waals surface area contributed by atoms with E-state index in [0.29, 0.717) is 164 Å². The first-order chi connectivity index (χ1) is 25.4. The van der Waals surface area contributed by atoms with E-state index in [1.807, 2.05) is 6.07 Å². The normalized spacial score (nSPS) is 13.6. The molecule has 0 amide bonds. The zero-order chi connectivity index (χ0) is 36.0. The minimum atomic E-state index is -0.356. The summed E-state index contributed by atoms with van der Waals surface area (Å²) >= 11 is 0. The fourth-order valence-corrected chi connectivity index (χ4v) is 4.39. The zero-order valence-corrected chi connectivity index (χ0v) is 30.5. The Morgan fingerprint density at radius 3 is 1.06 bits per heavy atom. The molecule has 1 aromatic rings. The second-order valence-electron chi connectivity index (χ2n) is 11.1. The average Bonchev–Trinajstić information content (AvgIpc) is 3.16. The fourth-order valence-electron chi connectivity index (χ4n) is 4.39. The van der Waals surface area contributed by atoms with Gasteiger partial charge >= 0.3 is 5.97 Å². The number of carbonyl (C=O) groups excluding carboxylic acids is 1. The molecule has 1 N–H and O–H groups in total. The molecule has 0 unspecified atom stereocenters. The fraction of sp³-hybridized carbons (Fsp3) is 0.806. The molecule has 1 aromatic carbocycles.